The van der Waals surface area contributed by atoms with Crippen molar-refractivity contribution in [2.75, 3.05) is 18.5 Å². The van der Waals surface area contributed by atoms with Crippen molar-refractivity contribution < 1.29 is 19.1 Å². The summed E-state index contributed by atoms with van der Waals surface area (Å²) in [5.41, 5.74) is 2.71. The van der Waals surface area contributed by atoms with Crippen molar-refractivity contribution in [2.45, 2.75) is 6.92 Å². The van der Waals surface area contributed by atoms with Crippen LogP contribution in [-0.4, -0.2) is 35.0 Å². The maximum atomic E-state index is 13.0. The van der Waals surface area contributed by atoms with Crippen LogP contribution in [0.15, 0.2) is 66.7 Å². The lowest BCUT2D eigenvalue weighted by Crippen LogP contribution is -2.39. The van der Waals surface area contributed by atoms with E-state index in [0.717, 1.165) is 10.5 Å². The van der Waals surface area contributed by atoms with Crippen LogP contribution in [-0.2, 0) is 0 Å². The van der Waals surface area contributed by atoms with Crippen LogP contribution in [0.5, 0.6) is 0 Å². The number of nitrogens with zero attached hydrogens (tertiary/aromatic N) is 1. The normalized spacial score (nSPS) is 10.5. The van der Waals surface area contributed by atoms with Crippen molar-refractivity contribution in [2.24, 2.45) is 0 Å². The van der Waals surface area contributed by atoms with Crippen molar-refractivity contribution in [1.82, 2.24) is 4.90 Å². The Morgan fingerprint density at radius 3 is 2.20 bits per heavy atom. The number of anilines is 2. The number of amides is 2. The molecule has 0 radical (unpaired) electrons. The molecule has 3 rings (SSSR count). The van der Waals surface area contributed by atoms with Crippen molar-refractivity contribution in [3.8, 4) is 0 Å². The monoisotopic (exact) mass is 426 g/mol. The SMILES string of the molecule is Cc1ccc(C(=O)N(CCO)C(=O)c2ccc(Nc3ccc(F)cc3)cc2Cl)cc1. The van der Waals surface area contributed by atoms with E-state index in [1.165, 1.54) is 18.2 Å². The van der Waals surface area contributed by atoms with Gasteiger partial charge in [0.15, 0.2) is 0 Å². The Balaban J connectivity index is 1.83. The van der Waals surface area contributed by atoms with Crippen molar-refractivity contribution in [3.05, 3.63) is 94.3 Å². The fourth-order valence-corrected chi connectivity index (χ4v) is 3.12. The van der Waals surface area contributed by atoms with Crippen LogP contribution in [0.4, 0.5) is 15.8 Å². The molecule has 0 bridgehead atoms. The van der Waals surface area contributed by atoms with Crippen molar-refractivity contribution >= 4 is 34.8 Å². The lowest BCUT2D eigenvalue weighted by atomic mass is 10.1. The molecule has 2 amide bonds. The van der Waals surface area contributed by atoms with Gasteiger partial charge in [0.25, 0.3) is 11.8 Å². The molecule has 0 saturated carbocycles. The van der Waals surface area contributed by atoms with Crippen LogP contribution in [0.1, 0.15) is 26.3 Å². The molecule has 0 fully saturated rings. The van der Waals surface area contributed by atoms with Gasteiger partial charge in [-0.2, -0.15) is 0 Å². The fraction of sp³-hybridized carbons (Fsp3) is 0.130. The van der Waals surface area contributed by atoms with Gasteiger partial charge in [0.1, 0.15) is 5.82 Å². The van der Waals surface area contributed by atoms with Crippen molar-refractivity contribution in [3.63, 3.8) is 0 Å². The number of nitrogens with one attached hydrogen (secondary N) is 1. The first-order valence-corrected chi connectivity index (χ1v) is 9.62. The van der Waals surface area contributed by atoms with Gasteiger partial charge in [-0.25, -0.2) is 4.39 Å². The first-order valence-electron chi connectivity index (χ1n) is 9.25. The number of hydrogen-bond acceptors (Lipinski definition) is 4. The number of halogens is 2. The minimum absolute atomic E-state index is 0.134. The number of carbonyl (C=O) groups excluding carboxylic acids is 2. The Morgan fingerprint density at radius 2 is 1.60 bits per heavy atom. The summed E-state index contributed by atoms with van der Waals surface area (Å²) in [5.74, 6) is -1.46. The average molecular weight is 427 g/mol. The summed E-state index contributed by atoms with van der Waals surface area (Å²) in [6.45, 7) is 1.37. The molecule has 0 saturated heterocycles. The summed E-state index contributed by atoms with van der Waals surface area (Å²) in [7, 11) is 0. The smallest absolute Gasteiger partial charge is 0.262 e. The van der Waals surface area contributed by atoms with Gasteiger partial charge >= 0.3 is 0 Å². The maximum absolute atomic E-state index is 13.0. The lowest BCUT2D eigenvalue weighted by Gasteiger charge is -2.21. The van der Waals surface area contributed by atoms with Gasteiger partial charge in [0.05, 0.1) is 23.7 Å². The van der Waals surface area contributed by atoms with E-state index in [0.29, 0.717) is 16.9 Å². The first kappa shape index (κ1) is 21.5. The molecule has 0 heterocycles. The van der Waals surface area contributed by atoms with Crippen LogP contribution < -0.4 is 5.32 Å². The molecule has 2 N–H and O–H groups in total. The van der Waals surface area contributed by atoms with Crippen molar-refractivity contribution in [1.29, 1.82) is 0 Å². The molecule has 0 atom stereocenters. The fourth-order valence-electron chi connectivity index (χ4n) is 2.86. The van der Waals surface area contributed by atoms with Gasteiger partial charge < -0.3 is 10.4 Å². The lowest BCUT2D eigenvalue weighted by molar-refractivity contribution is 0.0586. The second-order valence-electron chi connectivity index (χ2n) is 6.68. The van der Waals surface area contributed by atoms with E-state index >= 15 is 0 Å². The quantitative estimate of drug-likeness (QED) is 0.555. The van der Waals surface area contributed by atoms with Crippen LogP contribution in [0.2, 0.25) is 5.02 Å². The van der Waals surface area contributed by atoms with E-state index in [-0.39, 0.29) is 29.6 Å². The molecule has 3 aromatic carbocycles. The van der Waals surface area contributed by atoms with Gasteiger partial charge in [-0.15, -0.1) is 0 Å². The molecule has 0 aliphatic rings. The number of hydrogen-bond donors (Lipinski definition) is 2. The minimum atomic E-state index is -0.604. The van der Waals surface area contributed by atoms with E-state index in [4.69, 9.17) is 11.6 Å². The van der Waals surface area contributed by atoms with Gasteiger partial charge in [-0.1, -0.05) is 29.3 Å². The molecule has 3 aromatic rings. The molecule has 0 unspecified atom stereocenters. The summed E-state index contributed by atoms with van der Waals surface area (Å²) >= 11 is 6.31. The van der Waals surface area contributed by atoms with E-state index in [1.54, 1.807) is 48.5 Å². The second kappa shape index (κ2) is 9.52. The molecular formula is C23H20ClFN2O3. The number of imide groups is 1. The van der Waals surface area contributed by atoms with E-state index < -0.39 is 11.8 Å². The number of aryl methyl sites for hydroxylation is 1. The van der Waals surface area contributed by atoms with E-state index in [2.05, 4.69) is 5.32 Å². The van der Waals surface area contributed by atoms with Crippen LogP contribution in [0, 0.1) is 12.7 Å². The molecule has 7 heteroatoms. The largest absolute Gasteiger partial charge is 0.395 e. The third-order valence-corrected chi connectivity index (χ3v) is 4.76. The van der Waals surface area contributed by atoms with Crippen LogP contribution in [0.25, 0.3) is 0 Å². The molecule has 0 aliphatic carbocycles. The van der Waals surface area contributed by atoms with Gasteiger partial charge in [0.2, 0.25) is 0 Å². The van der Waals surface area contributed by atoms with E-state index in [1.807, 2.05) is 6.92 Å². The summed E-state index contributed by atoms with van der Waals surface area (Å²) in [6, 6.07) is 17.3. The third kappa shape index (κ3) is 5.03. The standard InChI is InChI=1S/C23H20ClFN2O3/c1-15-2-4-16(5-3-15)22(29)27(12-13-28)23(30)20-11-10-19(14-21(20)24)26-18-8-6-17(25)7-9-18/h2-11,14,26,28H,12-13H2,1H3. The molecule has 0 spiro atoms. The Kier molecular flexibility index (Phi) is 6.82. The highest BCUT2D eigenvalue weighted by Gasteiger charge is 2.25. The maximum Gasteiger partial charge on any atom is 0.262 e. The molecule has 30 heavy (non-hydrogen) atoms. The highest BCUT2D eigenvalue weighted by Crippen LogP contribution is 2.25. The van der Waals surface area contributed by atoms with Gasteiger partial charge in [-0.05, 0) is 61.5 Å². The molecular weight excluding hydrogens is 407 g/mol. The average Bonchev–Trinajstić information content (AvgIpc) is 2.73. The van der Waals surface area contributed by atoms with Crippen LogP contribution >= 0.6 is 11.6 Å². The van der Waals surface area contributed by atoms with E-state index in [9.17, 15) is 19.1 Å². The zero-order valence-electron chi connectivity index (χ0n) is 16.2. The van der Waals surface area contributed by atoms with Gasteiger partial charge in [-0.3, -0.25) is 14.5 Å². The zero-order valence-corrected chi connectivity index (χ0v) is 17.0. The molecule has 0 aromatic heterocycles. The molecule has 0 aliphatic heterocycles. The first-order chi connectivity index (χ1) is 14.4. The number of benzene rings is 3. The number of aliphatic hydroxyl groups excluding tert-OH is 1. The Morgan fingerprint density at radius 1 is 0.967 bits per heavy atom. The third-order valence-electron chi connectivity index (χ3n) is 4.44. The summed E-state index contributed by atoms with van der Waals surface area (Å²) in [6.07, 6.45) is 0. The zero-order chi connectivity index (χ0) is 21.7. The Hall–Kier alpha value is -3.22. The number of carbonyl (C=O) groups is 2. The number of aliphatic hydroxyl groups is 1. The predicted octanol–water partition coefficient (Wildman–Crippen LogP) is 4.81. The minimum Gasteiger partial charge on any atom is -0.395 e. The van der Waals surface area contributed by atoms with Crippen LogP contribution in [0.3, 0.4) is 0 Å². The summed E-state index contributed by atoms with van der Waals surface area (Å²) in [4.78, 5) is 26.8. The second-order valence-corrected chi connectivity index (χ2v) is 7.09. The Bertz CT molecular complexity index is 1050. The van der Waals surface area contributed by atoms with Gasteiger partial charge in [0, 0.05) is 16.9 Å². The highest BCUT2D eigenvalue weighted by molar-refractivity contribution is 6.34. The molecule has 5 nitrogen and oxygen atoms in total. The summed E-state index contributed by atoms with van der Waals surface area (Å²) in [5, 5.41) is 12.6. The molecule has 154 valence electrons. The predicted molar refractivity (Wildman–Crippen MR) is 115 cm³/mol. The number of rotatable bonds is 6. The highest BCUT2D eigenvalue weighted by atomic mass is 35.5. The topological polar surface area (TPSA) is 69.6 Å². The summed E-state index contributed by atoms with van der Waals surface area (Å²) < 4.78 is 13.0. The Labute approximate surface area is 178 Å².